The average Bonchev–Trinajstić information content (AvgIpc) is 3.18. The summed E-state index contributed by atoms with van der Waals surface area (Å²) in [6.45, 7) is 11.6. The van der Waals surface area contributed by atoms with Crippen molar-refractivity contribution in [2.45, 2.75) is 104 Å². The lowest BCUT2D eigenvalue weighted by Gasteiger charge is -2.64. The molecule has 10 atom stereocenters. The zero-order chi connectivity index (χ0) is 24.7. The van der Waals surface area contributed by atoms with Crippen molar-refractivity contribution < 1.29 is 24.5 Å². The van der Waals surface area contributed by atoms with Gasteiger partial charge in [-0.2, -0.15) is 0 Å². The lowest BCUT2D eigenvalue weighted by Crippen LogP contribution is -2.67. The Morgan fingerprint density at radius 2 is 1.88 bits per heavy atom. The minimum absolute atomic E-state index is 0.0205. The smallest absolute Gasteiger partial charge is 0.330 e. The Morgan fingerprint density at radius 1 is 1.15 bits per heavy atom. The molecule has 1 heterocycles. The third-order valence-corrected chi connectivity index (χ3v) is 12.3. The number of rotatable bonds is 5. The summed E-state index contributed by atoms with van der Waals surface area (Å²) >= 11 is 0. The molecule has 5 unspecified atom stereocenters. The fourth-order valence-electron chi connectivity index (χ4n) is 10.2. The summed E-state index contributed by atoms with van der Waals surface area (Å²) in [5.74, 6) is 1.25. The van der Waals surface area contributed by atoms with Crippen LogP contribution in [0.5, 0.6) is 0 Å². The maximum absolute atomic E-state index is 14.3. The number of carboxylic acid groups (broad SMARTS) is 1. The molecule has 34 heavy (non-hydrogen) atoms. The van der Waals surface area contributed by atoms with Gasteiger partial charge in [0.05, 0.1) is 23.7 Å². The van der Waals surface area contributed by atoms with Crippen LogP contribution in [-0.4, -0.2) is 40.3 Å². The molecule has 4 saturated carbocycles. The number of fused-ring (bicyclic) bond motifs is 2. The number of aliphatic hydroxyl groups excluding tert-OH is 1. The predicted molar refractivity (Wildman–Crippen MR) is 130 cm³/mol. The van der Waals surface area contributed by atoms with Crippen molar-refractivity contribution >= 4 is 11.8 Å². The number of aliphatic hydroxyl groups is 1. The summed E-state index contributed by atoms with van der Waals surface area (Å²) in [5.41, 5.74) is -0.157. The molecule has 5 heteroatoms. The standard InChI is InChI=1S/C29H44O5/c1-17(7-6-8-18(2)25(32)33)20-11-13-26(4)22-12-14-29-19(3)21(30)9-10-23(29)28(22,16-34-29)24(31)15-27(20,26)5/h8,17,19-23,30H,6-7,9-16H2,1-5H3,(H,32,33)/b18-8+/t17?,19-,20?,21-,22-,23?,26?,27+,28?,29-/m0/s1. The largest absolute Gasteiger partial charge is 0.478 e. The van der Waals surface area contributed by atoms with Crippen LogP contribution in [0, 0.1) is 45.8 Å². The summed E-state index contributed by atoms with van der Waals surface area (Å²) in [6, 6.07) is 0. The number of carbonyl (C=O) groups is 2. The van der Waals surface area contributed by atoms with E-state index >= 15 is 0 Å². The third kappa shape index (κ3) is 2.92. The molecule has 0 aromatic rings. The number of carbonyl (C=O) groups excluding carboxylic acids is 1. The van der Waals surface area contributed by atoms with E-state index < -0.39 is 5.97 Å². The first-order valence-electron chi connectivity index (χ1n) is 13.7. The van der Waals surface area contributed by atoms with Gasteiger partial charge in [-0.25, -0.2) is 4.79 Å². The van der Waals surface area contributed by atoms with E-state index in [0.29, 0.717) is 42.1 Å². The highest BCUT2D eigenvalue weighted by Gasteiger charge is 2.77. The molecule has 190 valence electrons. The summed E-state index contributed by atoms with van der Waals surface area (Å²) in [5, 5.41) is 19.8. The van der Waals surface area contributed by atoms with Crippen LogP contribution in [0.15, 0.2) is 11.6 Å². The van der Waals surface area contributed by atoms with Gasteiger partial charge in [0.25, 0.3) is 0 Å². The quantitative estimate of drug-likeness (QED) is 0.523. The van der Waals surface area contributed by atoms with E-state index in [0.717, 1.165) is 44.9 Å². The summed E-state index contributed by atoms with van der Waals surface area (Å²) in [6.07, 6.45) is 9.95. The van der Waals surface area contributed by atoms with E-state index in [9.17, 15) is 14.7 Å². The van der Waals surface area contributed by atoms with Crippen molar-refractivity contribution in [2.75, 3.05) is 6.61 Å². The van der Waals surface area contributed by atoms with Gasteiger partial charge in [0.1, 0.15) is 5.78 Å². The van der Waals surface area contributed by atoms with Crippen molar-refractivity contribution in [2.24, 2.45) is 45.8 Å². The molecule has 1 saturated heterocycles. The Morgan fingerprint density at radius 3 is 2.59 bits per heavy atom. The van der Waals surface area contributed by atoms with Crippen LogP contribution in [0.25, 0.3) is 0 Å². The van der Waals surface area contributed by atoms with Crippen molar-refractivity contribution in [1.82, 2.24) is 0 Å². The van der Waals surface area contributed by atoms with Crippen molar-refractivity contribution in [3.05, 3.63) is 11.6 Å². The van der Waals surface area contributed by atoms with Gasteiger partial charge >= 0.3 is 5.97 Å². The van der Waals surface area contributed by atoms with Crippen LogP contribution >= 0.6 is 0 Å². The number of carboxylic acids is 1. The number of aliphatic carboxylic acids is 1. The SMILES string of the molecule is C/C(=C\CCC(C)C1CCC2(C)[C@@H]3CC[C@@]45OCC3(C(=O)C[C@]12C)C4CC[C@H](O)[C@@H]5C)C(=O)O. The second-order valence-electron chi connectivity index (χ2n) is 13.2. The molecule has 0 aromatic carbocycles. The second kappa shape index (κ2) is 7.90. The molecule has 0 radical (unpaired) electrons. The zero-order valence-corrected chi connectivity index (χ0v) is 21.7. The van der Waals surface area contributed by atoms with E-state index in [-0.39, 0.29) is 39.8 Å². The van der Waals surface area contributed by atoms with Crippen molar-refractivity contribution in [1.29, 1.82) is 0 Å². The second-order valence-corrected chi connectivity index (χ2v) is 13.2. The highest BCUT2D eigenvalue weighted by Crippen LogP contribution is 2.77. The molecule has 5 nitrogen and oxygen atoms in total. The summed E-state index contributed by atoms with van der Waals surface area (Å²) < 4.78 is 6.64. The zero-order valence-electron chi connectivity index (χ0n) is 21.7. The molecule has 5 fully saturated rings. The fraction of sp³-hybridized carbons (Fsp3) is 0.862. The lowest BCUT2D eigenvalue weighted by atomic mass is 9.37. The molecule has 0 amide bonds. The normalized spacial score (nSPS) is 50.9. The molecule has 2 N–H and O–H groups in total. The Labute approximate surface area is 204 Å². The van der Waals surface area contributed by atoms with E-state index in [1.807, 2.05) is 6.08 Å². The van der Waals surface area contributed by atoms with E-state index in [1.165, 1.54) is 6.42 Å². The van der Waals surface area contributed by atoms with E-state index in [2.05, 4.69) is 27.7 Å². The Bertz CT molecular complexity index is 910. The van der Waals surface area contributed by atoms with Gasteiger partial charge < -0.3 is 14.9 Å². The first kappa shape index (κ1) is 24.5. The van der Waals surface area contributed by atoms with E-state index in [4.69, 9.17) is 9.84 Å². The molecule has 1 aliphatic heterocycles. The number of allylic oxidation sites excluding steroid dienone is 1. The Balaban J connectivity index is 1.43. The maximum atomic E-state index is 14.3. The van der Waals surface area contributed by atoms with Crippen LogP contribution in [0.1, 0.15) is 92.4 Å². The van der Waals surface area contributed by atoms with E-state index in [1.54, 1.807) is 6.92 Å². The Kier molecular flexibility index (Phi) is 5.69. The van der Waals surface area contributed by atoms with Crippen LogP contribution in [0.3, 0.4) is 0 Å². The minimum Gasteiger partial charge on any atom is -0.478 e. The first-order chi connectivity index (χ1) is 15.9. The van der Waals surface area contributed by atoms with Gasteiger partial charge in [-0.1, -0.05) is 33.8 Å². The van der Waals surface area contributed by atoms with Crippen LogP contribution in [-0.2, 0) is 14.3 Å². The number of ether oxygens (including phenoxy) is 1. The van der Waals surface area contributed by atoms with Crippen LogP contribution in [0.2, 0.25) is 0 Å². The van der Waals surface area contributed by atoms with Gasteiger partial charge in [-0.05, 0) is 86.9 Å². The van der Waals surface area contributed by atoms with Gasteiger partial charge in [0.15, 0.2) is 0 Å². The molecule has 2 bridgehead atoms. The average molecular weight is 473 g/mol. The monoisotopic (exact) mass is 472 g/mol. The maximum Gasteiger partial charge on any atom is 0.330 e. The molecule has 5 rings (SSSR count). The minimum atomic E-state index is -0.840. The fourth-order valence-corrected chi connectivity index (χ4v) is 10.2. The summed E-state index contributed by atoms with van der Waals surface area (Å²) in [4.78, 5) is 25.4. The predicted octanol–water partition coefficient (Wildman–Crippen LogP) is 5.40. The molecule has 5 aliphatic rings. The number of ketones is 1. The third-order valence-electron chi connectivity index (χ3n) is 12.3. The first-order valence-corrected chi connectivity index (χ1v) is 13.7. The molecule has 1 spiro atoms. The molecule has 4 aliphatic carbocycles. The van der Waals surface area contributed by atoms with Crippen LogP contribution in [0.4, 0.5) is 0 Å². The number of hydrogen-bond donors (Lipinski definition) is 2. The molecular weight excluding hydrogens is 428 g/mol. The van der Waals surface area contributed by atoms with Gasteiger partial charge in [0, 0.05) is 23.8 Å². The number of Topliss-reactive ketones (excluding diaryl/α,β-unsaturated/α-hetero) is 1. The Hall–Kier alpha value is -1.20. The topological polar surface area (TPSA) is 83.8 Å². The highest BCUT2D eigenvalue weighted by atomic mass is 16.5. The lowest BCUT2D eigenvalue weighted by molar-refractivity contribution is -0.191. The van der Waals surface area contributed by atoms with Gasteiger partial charge in [0.2, 0.25) is 0 Å². The molecular formula is C29H44O5. The molecule has 0 aromatic heterocycles. The van der Waals surface area contributed by atoms with Crippen molar-refractivity contribution in [3.8, 4) is 0 Å². The van der Waals surface area contributed by atoms with Crippen LogP contribution < -0.4 is 0 Å². The van der Waals surface area contributed by atoms with Gasteiger partial charge in [-0.15, -0.1) is 0 Å². The van der Waals surface area contributed by atoms with Gasteiger partial charge in [-0.3, -0.25) is 4.79 Å². The summed E-state index contributed by atoms with van der Waals surface area (Å²) in [7, 11) is 0. The highest BCUT2D eigenvalue weighted by molar-refractivity contribution is 5.89. The number of hydrogen-bond acceptors (Lipinski definition) is 4. The van der Waals surface area contributed by atoms with Crippen molar-refractivity contribution in [3.63, 3.8) is 0 Å².